The predicted octanol–water partition coefficient (Wildman–Crippen LogP) is 3.89. The fourth-order valence-corrected chi connectivity index (χ4v) is 3.79. The van der Waals surface area contributed by atoms with E-state index in [-0.39, 0.29) is 23.5 Å². The molecule has 2 aromatic heterocycles. The minimum atomic E-state index is -4.64. The van der Waals surface area contributed by atoms with Crippen molar-refractivity contribution < 1.29 is 18.0 Å². The average molecular weight is 453 g/mol. The molecule has 0 radical (unpaired) electrons. The topological polar surface area (TPSA) is 75.4 Å². The van der Waals surface area contributed by atoms with E-state index in [2.05, 4.69) is 20.6 Å². The van der Waals surface area contributed by atoms with Crippen LogP contribution in [-0.2, 0) is 11.0 Å². The Kier molecular flexibility index (Phi) is 5.74. The van der Waals surface area contributed by atoms with E-state index >= 15 is 0 Å². The smallest absolute Gasteiger partial charge is 0.355 e. The first-order valence-electron chi connectivity index (χ1n) is 9.83. The van der Waals surface area contributed by atoms with Gasteiger partial charge in [0.05, 0.1) is 6.04 Å². The minimum absolute atomic E-state index is 0.0292. The second-order valence-electron chi connectivity index (χ2n) is 7.53. The van der Waals surface area contributed by atoms with Crippen molar-refractivity contribution in [3.05, 3.63) is 52.8 Å². The predicted molar refractivity (Wildman–Crippen MR) is 109 cm³/mol. The Labute approximate surface area is 181 Å². The molecule has 164 valence electrons. The van der Waals surface area contributed by atoms with Crippen LogP contribution >= 0.6 is 11.6 Å². The van der Waals surface area contributed by atoms with E-state index in [1.165, 1.54) is 6.07 Å². The van der Waals surface area contributed by atoms with Crippen LogP contribution in [-0.4, -0.2) is 38.8 Å². The lowest BCUT2D eigenvalue weighted by Crippen LogP contribution is -2.41. The van der Waals surface area contributed by atoms with Gasteiger partial charge in [0.1, 0.15) is 5.82 Å². The van der Waals surface area contributed by atoms with Crippen molar-refractivity contribution in [1.82, 2.24) is 25.1 Å². The molecule has 0 bridgehead atoms. The molecule has 1 N–H and O–H groups in total. The zero-order valence-electron chi connectivity index (χ0n) is 16.6. The van der Waals surface area contributed by atoms with Crippen LogP contribution in [0, 0.1) is 5.92 Å². The Bertz CT molecular complexity index is 1080. The number of nitrogens with zero attached hydrogens (tertiary/aromatic N) is 5. The first kappa shape index (κ1) is 21.4. The standard InChI is InChI=1S/C20H20ClF3N6O/c1-12(13-2-4-15(21)5-3-13)25-18(31)14-8-10-29(11-9-14)17-7-6-16-26-27-19(20(22,23)24)30(16)28-17/h2-7,12,14H,8-11H2,1H3,(H,25,31). The summed E-state index contributed by atoms with van der Waals surface area (Å²) in [4.78, 5) is 14.5. The highest BCUT2D eigenvalue weighted by atomic mass is 35.5. The number of hydrogen-bond donors (Lipinski definition) is 1. The highest BCUT2D eigenvalue weighted by Gasteiger charge is 2.38. The van der Waals surface area contributed by atoms with E-state index in [0.717, 1.165) is 5.56 Å². The van der Waals surface area contributed by atoms with Crippen molar-refractivity contribution in [1.29, 1.82) is 0 Å². The molecular formula is C20H20ClF3N6O. The summed E-state index contributed by atoms with van der Waals surface area (Å²) >= 11 is 5.90. The number of halogens is 4. The molecule has 11 heteroatoms. The molecule has 1 fully saturated rings. The Morgan fingerprint density at radius 1 is 1.13 bits per heavy atom. The van der Waals surface area contributed by atoms with Gasteiger partial charge >= 0.3 is 6.18 Å². The number of nitrogens with one attached hydrogen (secondary N) is 1. The fourth-order valence-electron chi connectivity index (χ4n) is 3.66. The number of alkyl halides is 3. The van der Waals surface area contributed by atoms with Crippen molar-refractivity contribution >= 4 is 29.0 Å². The second kappa shape index (κ2) is 8.33. The van der Waals surface area contributed by atoms with Crippen molar-refractivity contribution in [3.63, 3.8) is 0 Å². The molecule has 0 aliphatic carbocycles. The number of fused-ring (bicyclic) bond motifs is 1. The van der Waals surface area contributed by atoms with Crippen LogP contribution in [0.15, 0.2) is 36.4 Å². The third kappa shape index (κ3) is 4.58. The summed E-state index contributed by atoms with van der Waals surface area (Å²) in [6.07, 6.45) is -3.49. The summed E-state index contributed by atoms with van der Waals surface area (Å²) in [5.74, 6) is -0.972. The fraction of sp³-hybridized carbons (Fsp3) is 0.400. The molecule has 1 aromatic carbocycles. The van der Waals surface area contributed by atoms with Gasteiger partial charge in [-0.3, -0.25) is 4.79 Å². The number of hydrogen-bond acceptors (Lipinski definition) is 5. The van der Waals surface area contributed by atoms with Crippen LogP contribution in [0.1, 0.15) is 37.2 Å². The first-order chi connectivity index (χ1) is 14.7. The molecule has 4 rings (SSSR count). The number of carbonyl (C=O) groups excluding carboxylic acids is 1. The van der Waals surface area contributed by atoms with E-state index in [4.69, 9.17) is 11.6 Å². The summed E-state index contributed by atoms with van der Waals surface area (Å²) in [7, 11) is 0. The Balaban J connectivity index is 1.39. The Hall–Kier alpha value is -2.88. The van der Waals surface area contributed by atoms with Gasteiger partial charge in [0.25, 0.3) is 5.82 Å². The molecule has 7 nitrogen and oxygen atoms in total. The number of benzene rings is 1. The largest absolute Gasteiger partial charge is 0.453 e. The minimum Gasteiger partial charge on any atom is -0.355 e. The molecule has 31 heavy (non-hydrogen) atoms. The molecule has 1 saturated heterocycles. The average Bonchev–Trinajstić information content (AvgIpc) is 3.18. The molecule has 1 aliphatic heterocycles. The summed E-state index contributed by atoms with van der Waals surface area (Å²) in [5, 5.41) is 14.4. The van der Waals surface area contributed by atoms with Gasteiger partial charge in [-0.05, 0) is 49.6 Å². The highest BCUT2D eigenvalue weighted by Crippen LogP contribution is 2.29. The molecule has 1 unspecified atom stereocenters. The molecular weight excluding hydrogens is 433 g/mol. The Morgan fingerprint density at radius 3 is 2.45 bits per heavy atom. The number of rotatable bonds is 4. The third-order valence-corrected chi connectivity index (χ3v) is 5.67. The third-order valence-electron chi connectivity index (χ3n) is 5.42. The lowest BCUT2D eigenvalue weighted by molar-refractivity contribution is -0.146. The summed E-state index contributed by atoms with van der Waals surface area (Å²) in [6, 6.07) is 10.2. The maximum Gasteiger partial charge on any atom is 0.453 e. The van der Waals surface area contributed by atoms with Gasteiger partial charge in [0, 0.05) is 24.0 Å². The van der Waals surface area contributed by atoms with Gasteiger partial charge in [0.15, 0.2) is 5.65 Å². The van der Waals surface area contributed by atoms with Gasteiger partial charge in [-0.2, -0.15) is 17.7 Å². The number of aromatic nitrogens is 4. The lowest BCUT2D eigenvalue weighted by Gasteiger charge is -2.32. The van der Waals surface area contributed by atoms with Gasteiger partial charge in [0.2, 0.25) is 5.91 Å². The summed E-state index contributed by atoms with van der Waals surface area (Å²) < 4.78 is 40.0. The van der Waals surface area contributed by atoms with Crippen molar-refractivity contribution in [2.75, 3.05) is 18.0 Å². The van der Waals surface area contributed by atoms with Crippen molar-refractivity contribution in [2.24, 2.45) is 5.92 Å². The van der Waals surface area contributed by atoms with E-state index in [9.17, 15) is 18.0 Å². The zero-order chi connectivity index (χ0) is 22.2. The Morgan fingerprint density at radius 2 is 1.81 bits per heavy atom. The molecule has 3 aromatic rings. The van der Waals surface area contributed by atoms with Gasteiger partial charge in [-0.25, -0.2) is 0 Å². The van der Waals surface area contributed by atoms with Crippen LogP contribution in [0.4, 0.5) is 19.0 Å². The number of piperidine rings is 1. The summed E-state index contributed by atoms with van der Waals surface area (Å²) in [6.45, 7) is 2.93. The van der Waals surface area contributed by atoms with Crippen LogP contribution in [0.5, 0.6) is 0 Å². The zero-order valence-corrected chi connectivity index (χ0v) is 17.4. The van der Waals surface area contributed by atoms with E-state index < -0.39 is 12.0 Å². The molecule has 1 amide bonds. The van der Waals surface area contributed by atoms with Crippen LogP contribution in [0.2, 0.25) is 5.02 Å². The lowest BCUT2D eigenvalue weighted by atomic mass is 9.95. The van der Waals surface area contributed by atoms with Crippen LogP contribution < -0.4 is 10.2 Å². The van der Waals surface area contributed by atoms with Gasteiger partial charge < -0.3 is 10.2 Å². The molecule has 3 heterocycles. The van der Waals surface area contributed by atoms with Gasteiger partial charge in [-0.15, -0.1) is 15.3 Å². The quantitative estimate of drug-likeness (QED) is 0.650. The van der Waals surface area contributed by atoms with E-state index in [1.54, 1.807) is 18.2 Å². The normalized spacial score (nSPS) is 16.5. The van der Waals surface area contributed by atoms with Crippen molar-refractivity contribution in [3.8, 4) is 0 Å². The molecule has 0 saturated carbocycles. The van der Waals surface area contributed by atoms with E-state index in [0.29, 0.717) is 41.3 Å². The number of carbonyl (C=O) groups is 1. The second-order valence-corrected chi connectivity index (χ2v) is 7.96. The van der Waals surface area contributed by atoms with Crippen LogP contribution in [0.25, 0.3) is 5.65 Å². The number of amides is 1. The highest BCUT2D eigenvalue weighted by molar-refractivity contribution is 6.30. The summed E-state index contributed by atoms with van der Waals surface area (Å²) in [5.41, 5.74) is 0.989. The van der Waals surface area contributed by atoms with Crippen molar-refractivity contribution in [2.45, 2.75) is 32.0 Å². The monoisotopic (exact) mass is 452 g/mol. The molecule has 0 spiro atoms. The number of anilines is 1. The van der Waals surface area contributed by atoms with E-state index in [1.807, 2.05) is 24.0 Å². The SMILES string of the molecule is CC(NC(=O)C1CCN(c2ccc3nnc(C(F)(F)F)n3n2)CC1)c1ccc(Cl)cc1. The maximum absolute atomic E-state index is 13.1. The first-order valence-corrected chi connectivity index (χ1v) is 10.2. The van der Waals surface area contributed by atoms with Gasteiger partial charge in [-0.1, -0.05) is 23.7 Å². The maximum atomic E-state index is 13.1. The molecule has 1 atom stereocenters. The van der Waals surface area contributed by atoms with Crippen LogP contribution in [0.3, 0.4) is 0 Å². The molecule has 1 aliphatic rings.